The number of amides is 1. The Bertz CT molecular complexity index is 1530. The second-order valence-corrected chi connectivity index (χ2v) is 8.04. The quantitative estimate of drug-likeness (QED) is 0.513. The van der Waals surface area contributed by atoms with E-state index in [2.05, 4.69) is 15.3 Å². The van der Waals surface area contributed by atoms with E-state index in [1.807, 2.05) is 43.3 Å². The second-order valence-electron chi connectivity index (χ2n) is 7.04. The van der Waals surface area contributed by atoms with E-state index in [1.54, 1.807) is 34.6 Å². The zero-order valence-electron chi connectivity index (χ0n) is 16.7. The van der Waals surface area contributed by atoms with Crippen LogP contribution in [0.15, 0.2) is 64.4 Å². The molecule has 8 nitrogen and oxygen atoms in total. The average molecular weight is 431 g/mol. The van der Waals surface area contributed by atoms with Crippen molar-refractivity contribution in [2.24, 2.45) is 12.0 Å². The van der Waals surface area contributed by atoms with Crippen molar-refractivity contribution in [3.8, 4) is 11.6 Å². The van der Waals surface area contributed by atoms with E-state index in [0.717, 1.165) is 17.0 Å². The van der Waals surface area contributed by atoms with Crippen molar-refractivity contribution in [1.82, 2.24) is 14.3 Å². The molecule has 0 radical (unpaired) electrons. The van der Waals surface area contributed by atoms with Gasteiger partial charge in [-0.1, -0.05) is 47.7 Å². The van der Waals surface area contributed by atoms with Gasteiger partial charge in [0.05, 0.1) is 22.3 Å². The van der Waals surface area contributed by atoms with Gasteiger partial charge in [0.15, 0.2) is 5.13 Å². The van der Waals surface area contributed by atoms with Crippen molar-refractivity contribution < 1.29 is 9.90 Å². The molecule has 2 aromatic heterocycles. The summed E-state index contributed by atoms with van der Waals surface area (Å²) in [6.45, 7) is 1.82. The van der Waals surface area contributed by atoms with E-state index < -0.39 is 5.91 Å². The molecule has 5 rings (SSSR count). The summed E-state index contributed by atoms with van der Waals surface area (Å²) in [5.74, 6) is -0.700. The average Bonchev–Trinajstić information content (AvgIpc) is 3.35. The largest absolute Gasteiger partial charge is 0.492 e. The van der Waals surface area contributed by atoms with Crippen LogP contribution in [0.2, 0.25) is 0 Å². The number of hydrogen-bond donors (Lipinski definition) is 2. The predicted octanol–water partition coefficient (Wildman–Crippen LogP) is 1.75. The summed E-state index contributed by atoms with van der Waals surface area (Å²) in [6, 6.07) is 16.4. The summed E-state index contributed by atoms with van der Waals surface area (Å²) in [4.78, 5) is 34.0. The molecule has 2 aromatic carbocycles. The lowest BCUT2D eigenvalue weighted by Crippen LogP contribution is -2.22. The van der Waals surface area contributed by atoms with Crippen molar-refractivity contribution in [2.75, 3.05) is 5.32 Å². The van der Waals surface area contributed by atoms with Crippen LogP contribution in [0.4, 0.5) is 10.8 Å². The topological polar surface area (TPSA) is 102 Å². The number of thiazole rings is 1. The zero-order chi connectivity index (χ0) is 21.7. The van der Waals surface area contributed by atoms with Crippen LogP contribution in [0.3, 0.4) is 0 Å². The lowest BCUT2D eigenvalue weighted by atomic mass is 10.1. The van der Waals surface area contributed by atoms with Gasteiger partial charge in [0, 0.05) is 12.3 Å². The van der Waals surface area contributed by atoms with Crippen LogP contribution in [0.1, 0.15) is 10.6 Å². The summed E-state index contributed by atoms with van der Waals surface area (Å²) >= 11 is 1.10. The first-order valence-electron chi connectivity index (χ1n) is 9.49. The lowest BCUT2D eigenvalue weighted by Gasteiger charge is -2.07. The van der Waals surface area contributed by atoms with Gasteiger partial charge in [-0.3, -0.25) is 14.3 Å². The number of para-hydroxylation sites is 2. The highest BCUT2D eigenvalue weighted by molar-refractivity contribution is 7.17. The maximum absolute atomic E-state index is 13.1. The van der Waals surface area contributed by atoms with Crippen molar-refractivity contribution in [3.05, 3.63) is 86.1 Å². The van der Waals surface area contributed by atoms with Gasteiger partial charge in [-0.15, -0.1) is 0 Å². The smallest absolute Gasteiger partial charge is 0.295 e. The molecule has 0 atom stereocenters. The van der Waals surface area contributed by atoms with E-state index in [1.165, 1.54) is 0 Å². The SMILES string of the molecule is Cc1c(Nc2nc(O)c(C3=c4ccccc4=NC3=O)s2)c(=O)n(-c2ccccc2)n1C. The maximum Gasteiger partial charge on any atom is 0.295 e. The minimum Gasteiger partial charge on any atom is -0.492 e. The number of benzene rings is 2. The van der Waals surface area contributed by atoms with Gasteiger partial charge >= 0.3 is 0 Å². The van der Waals surface area contributed by atoms with Gasteiger partial charge in [-0.25, -0.2) is 9.67 Å². The molecule has 1 aliphatic heterocycles. The summed E-state index contributed by atoms with van der Waals surface area (Å²) < 4.78 is 3.30. The third kappa shape index (κ3) is 2.98. The van der Waals surface area contributed by atoms with Crippen LogP contribution < -0.4 is 21.5 Å². The van der Waals surface area contributed by atoms with E-state index in [9.17, 15) is 14.7 Å². The number of anilines is 2. The highest BCUT2D eigenvalue weighted by atomic mass is 32.1. The summed E-state index contributed by atoms with van der Waals surface area (Å²) in [5.41, 5.74) is 1.85. The maximum atomic E-state index is 13.1. The van der Waals surface area contributed by atoms with Gasteiger partial charge in [-0.05, 0) is 25.1 Å². The number of rotatable bonds is 4. The van der Waals surface area contributed by atoms with E-state index in [-0.39, 0.29) is 11.4 Å². The minimum atomic E-state index is -0.422. The van der Waals surface area contributed by atoms with Gasteiger partial charge in [-0.2, -0.15) is 4.98 Å². The molecule has 1 amide bonds. The fourth-order valence-electron chi connectivity index (χ4n) is 3.63. The highest BCUT2D eigenvalue weighted by Gasteiger charge is 2.25. The normalized spacial score (nSPS) is 12.7. The third-order valence-electron chi connectivity index (χ3n) is 5.23. The number of nitrogens with zero attached hydrogens (tertiary/aromatic N) is 4. The summed E-state index contributed by atoms with van der Waals surface area (Å²) in [7, 11) is 1.80. The summed E-state index contributed by atoms with van der Waals surface area (Å²) in [5, 5.41) is 15.0. The number of carbonyl (C=O) groups excluding carboxylic acids is 1. The highest BCUT2D eigenvalue weighted by Crippen LogP contribution is 2.35. The monoisotopic (exact) mass is 431 g/mol. The van der Waals surface area contributed by atoms with E-state index in [0.29, 0.717) is 37.5 Å². The Balaban J connectivity index is 1.58. The number of hydrogen-bond acceptors (Lipinski definition) is 6. The number of aromatic hydroxyl groups is 1. The number of nitrogens with one attached hydrogen (secondary N) is 1. The van der Waals surface area contributed by atoms with Crippen LogP contribution in [0, 0.1) is 6.92 Å². The van der Waals surface area contributed by atoms with E-state index in [4.69, 9.17) is 0 Å². The Morgan fingerprint density at radius 1 is 1.03 bits per heavy atom. The molecule has 0 aliphatic carbocycles. The Morgan fingerprint density at radius 3 is 2.52 bits per heavy atom. The van der Waals surface area contributed by atoms with Crippen LogP contribution in [0.5, 0.6) is 5.88 Å². The van der Waals surface area contributed by atoms with Gasteiger partial charge in [0.25, 0.3) is 11.5 Å². The van der Waals surface area contributed by atoms with Crippen molar-refractivity contribution in [2.45, 2.75) is 6.92 Å². The standard InChI is InChI=1S/C22H17N5O3S/c1-12-17(21(30)27(26(12)2)13-8-4-3-5-9-13)24-22-25-20(29)18(31-22)16-14-10-6-7-11-15(14)23-19(16)28/h3-11,29H,1-2H3,(H,24,25). The van der Waals surface area contributed by atoms with Crippen molar-refractivity contribution >= 4 is 33.6 Å². The number of aromatic nitrogens is 3. The van der Waals surface area contributed by atoms with Crippen molar-refractivity contribution in [3.63, 3.8) is 0 Å². The van der Waals surface area contributed by atoms with E-state index >= 15 is 0 Å². The Kier molecular flexibility index (Phi) is 4.33. The summed E-state index contributed by atoms with van der Waals surface area (Å²) in [6.07, 6.45) is 0. The number of fused-ring (bicyclic) bond motifs is 1. The molecule has 0 unspecified atom stereocenters. The Hall–Kier alpha value is -3.98. The third-order valence-corrected chi connectivity index (χ3v) is 6.21. The second kappa shape index (κ2) is 7.06. The molecule has 1 aliphatic rings. The first kappa shape index (κ1) is 19.0. The molecule has 4 aromatic rings. The predicted molar refractivity (Wildman–Crippen MR) is 118 cm³/mol. The molecular weight excluding hydrogens is 414 g/mol. The van der Waals surface area contributed by atoms with Crippen molar-refractivity contribution in [1.29, 1.82) is 0 Å². The molecule has 0 saturated heterocycles. The molecular formula is C22H17N5O3S. The zero-order valence-corrected chi connectivity index (χ0v) is 17.5. The molecule has 3 heterocycles. The van der Waals surface area contributed by atoms with Gasteiger partial charge in [0.1, 0.15) is 10.6 Å². The van der Waals surface area contributed by atoms with Crippen LogP contribution in [0.25, 0.3) is 11.3 Å². The van der Waals surface area contributed by atoms with Crippen LogP contribution in [-0.4, -0.2) is 25.4 Å². The Morgan fingerprint density at radius 2 is 1.74 bits per heavy atom. The van der Waals surface area contributed by atoms with Crippen LogP contribution >= 0.6 is 11.3 Å². The van der Waals surface area contributed by atoms with Gasteiger partial charge < -0.3 is 10.4 Å². The van der Waals surface area contributed by atoms with Crippen LogP contribution in [-0.2, 0) is 11.8 Å². The molecule has 0 fully saturated rings. The molecule has 0 bridgehead atoms. The molecule has 154 valence electrons. The molecule has 0 saturated carbocycles. The first-order chi connectivity index (χ1) is 15.0. The molecule has 31 heavy (non-hydrogen) atoms. The fraction of sp³-hybridized carbons (Fsp3) is 0.0909. The van der Waals surface area contributed by atoms with Gasteiger partial charge in [0.2, 0.25) is 5.88 Å². The Labute approximate surface area is 180 Å². The molecule has 2 N–H and O–H groups in total. The minimum absolute atomic E-state index is 0.243. The molecule has 0 spiro atoms. The fourth-order valence-corrected chi connectivity index (χ4v) is 4.54. The lowest BCUT2D eigenvalue weighted by molar-refractivity contribution is -0.112. The number of carbonyl (C=O) groups is 1. The first-order valence-corrected chi connectivity index (χ1v) is 10.3. The molecule has 9 heteroatoms.